The summed E-state index contributed by atoms with van der Waals surface area (Å²) in [6.45, 7) is 5.07. The fraction of sp³-hybridized carbons (Fsp3) is 0.308. The highest BCUT2D eigenvalue weighted by atomic mass is 35.5. The minimum atomic E-state index is -0.276. The first-order valence-electron chi connectivity index (χ1n) is 5.66. The van der Waals surface area contributed by atoms with Gasteiger partial charge >= 0.3 is 0 Å². The second-order valence-electron chi connectivity index (χ2n) is 4.36. The molecule has 5 heteroatoms. The molecule has 0 unspecified atom stereocenters. The predicted octanol–water partition coefficient (Wildman–Crippen LogP) is 2.54. The largest absolute Gasteiger partial charge is 0.507 e. The number of nitrogens with zero attached hydrogens (tertiary/aromatic N) is 1. The molecule has 0 spiro atoms. The Morgan fingerprint density at radius 1 is 1.22 bits per heavy atom. The molecule has 1 saturated heterocycles. The maximum absolute atomic E-state index is 12.2. The van der Waals surface area contributed by atoms with Gasteiger partial charge in [0, 0.05) is 19.2 Å². The van der Waals surface area contributed by atoms with Crippen LogP contribution in [-0.4, -0.2) is 34.1 Å². The Morgan fingerprint density at radius 2 is 1.83 bits per heavy atom. The van der Waals surface area contributed by atoms with Gasteiger partial charge in [-0.2, -0.15) is 0 Å². The zero-order valence-corrected chi connectivity index (χ0v) is 10.6. The fourth-order valence-electron chi connectivity index (χ4n) is 1.92. The van der Waals surface area contributed by atoms with Crippen LogP contribution in [0.25, 0.3) is 0 Å². The molecule has 0 bridgehead atoms. The van der Waals surface area contributed by atoms with Crippen molar-refractivity contribution in [2.45, 2.75) is 12.8 Å². The summed E-state index contributed by atoms with van der Waals surface area (Å²) in [7, 11) is 0. The van der Waals surface area contributed by atoms with E-state index in [1.54, 1.807) is 4.90 Å². The van der Waals surface area contributed by atoms with E-state index in [1.807, 2.05) is 0 Å². The second kappa shape index (κ2) is 4.90. The van der Waals surface area contributed by atoms with E-state index >= 15 is 0 Å². The van der Waals surface area contributed by atoms with Crippen LogP contribution in [0.1, 0.15) is 23.2 Å². The summed E-state index contributed by atoms with van der Waals surface area (Å²) >= 11 is 5.75. The molecule has 0 radical (unpaired) electrons. The number of aromatic hydroxyl groups is 2. The molecule has 1 aliphatic heterocycles. The van der Waals surface area contributed by atoms with E-state index in [4.69, 9.17) is 11.6 Å². The molecule has 1 heterocycles. The number of rotatable bonds is 1. The first kappa shape index (κ1) is 12.8. The summed E-state index contributed by atoms with van der Waals surface area (Å²) in [4.78, 5) is 13.8. The topological polar surface area (TPSA) is 60.8 Å². The van der Waals surface area contributed by atoms with Crippen LogP contribution in [0.4, 0.5) is 0 Å². The normalized spacial score (nSPS) is 15.8. The molecule has 1 aliphatic rings. The Kier molecular flexibility index (Phi) is 3.48. The lowest BCUT2D eigenvalue weighted by Gasteiger charge is -2.28. The van der Waals surface area contributed by atoms with Crippen molar-refractivity contribution in [3.05, 3.63) is 34.9 Å². The molecule has 1 aromatic rings. The van der Waals surface area contributed by atoms with Gasteiger partial charge in [0.1, 0.15) is 11.5 Å². The Balaban J connectivity index is 2.23. The number of phenolic OH excluding ortho intramolecular Hbond substituents is 2. The van der Waals surface area contributed by atoms with Crippen LogP contribution in [0, 0.1) is 0 Å². The minimum Gasteiger partial charge on any atom is -0.507 e. The standard InChI is InChI=1S/C13H14ClNO3/c1-8-2-4-15(5-3-8)13(18)9-6-10(14)12(17)7-11(9)16/h6-7,16-17H,1-5H2. The van der Waals surface area contributed by atoms with Crippen molar-refractivity contribution in [3.8, 4) is 11.5 Å². The van der Waals surface area contributed by atoms with Gasteiger partial charge in [0.05, 0.1) is 10.6 Å². The number of piperidine rings is 1. The van der Waals surface area contributed by atoms with Crippen molar-refractivity contribution < 1.29 is 15.0 Å². The third-order valence-electron chi connectivity index (χ3n) is 3.05. The molecule has 1 aromatic carbocycles. The quantitative estimate of drug-likeness (QED) is 0.769. The second-order valence-corrected chi connectivity index (χ2v) is 4.77. The van der Waals surface area contributed by atoms with Crippen LogP contribution < -0.4 is 0 Å². The molecule has 18 heavy (non-hydrogen) atoms. The van der Waals surface area contributed by atoms with Gasteiger partial charge in [-0.15, -0.1) is 0 Å². The van der Waals surface area contributed by atoms with Crippen LogP contribution in [0.2, 0.25) is 5.02 Å². The zero-order chi connectivity index (χ0) is 13.3. The summed E-state index contributed by atoms with van der Waals surface area (Å²) in [5.74, 6) is -0.772. The maximum atomic E-state index is 12.2. The average Bonchev–Trinajstić information content (AvgIpc) is 2.34. The lowest BCUT2D eigenvalue weighted by Crippen LogP contribution is -2.36. The van der Waals surface area contributed by atoms with Crippen molar-refractivity contribution in [1.29, 1.82) is 0 Å². The third kappa shape index (κ3) is 2.43. The summed E-state index contributed by atoms with van der Waals surface area (Å²) < 4.78 is 0. The number of benzene rings is 1. The van der Waals surface area contributed by atoms with Gasteiger partial charge in [-0.3, -0.25) is 4.79 Å². The highest BCUT2D eigenvalue weighted by Crippen LogP contribution is 2.32. The van der Waals surface area contributed by atoms with Crippen molar-refractivity contribution in [2.75, 3.05) is 13.1 Å². The van der Waals surface area contributed by atoms with E-state index in [2.05, 4.69) is 6.58 Å². The number of carbonyl (C=O) groups is 1. The first-order chi connectivity index (χ1) is 8.49. The molecule has 0 atom stereocenters. The van der Waals surface area contributed by atoms with Crippen molar-refractivity contribution in [1.82, 2.24) is 4.90 Å². The van der Waals surface area contributed by atoms with E-state index in [0.717, 1.165) is 24.5 Å². The molecule has 2 N–H and O–H groups in total. The third-order valence-corrected chi connectivity index (χ3v) is 3.36. The molecule has 1 amide bonds. The monoisotopic (exact) mass is 267 g/mol. The van der Waals surface area contributed by atoms with E-state index in [1.165, 1.54) is 6.07 Å². The Morgan fingerprint density at radius 3 is 2.44 bits per heavy atom. The van der Waals surface area contributed by atoms with Gasteiger partial charge < -0.3 is 15.1 Å². The van der Waals surface area contributed by atoms with Crippen molar-refractivity contribution in [2.24, 2.45) is 0 Å². The van der Waals surface area contributed by atoms with Crippen molar-refractivity contribution >= 4 is 17.5 Å². The summed E-state index contributed by atoms with van der Waals surface area (Å²) in [6.07, 6.45) is 1.55. The van der Waals surface area contributed by atoms with E-state index in [-0.39, 0.29) is 28.0 Å². The van der Waals surface area contributed by atoms with Gasteiger partial charge in [0.15, 0.2) is 0 Å². The minimum absolute atomic E-state index is 0.0533. The van der Waals surface area contributed by atoms with Crippen LogP contribution in [-0.2, 0) is 0 Å². The fourth-order valence-corrected chi connectivity index (χ4v) is 2.08. The first-order valence-corrected chi connectivity index (χ1v) is 6.04. The van der Waals surface area contributed by atoms with Gasteiger partial charge in [-0.05, 0) is 18.9 Å². The van der Waals surface area contributed by atoms with Crippen LogP contribution >= 0.6 is 11.6 Å². The number of halogens is 1. The number of hydrogen-bond acceptors (Lipinski definition) is 3. The lowest BCUT2D eigenvalue weighted by atomic mass is 10.0. The number of hydrogen-bond donors (Lipinski definition) is 2. The molecule has 2 rings (SSSR count). The molecule has 1 fully saturated rings. The van der Waals surface area contributed by atoms with Crippen molar-refractivity contribution in [3.63, 3.8) is 0 Å². The molecule has 96 valence electrons. The molecule has 0 saturated carbocycles. The lowest BCUT2D eigenvalue weighted by molar-refractivity contribution is 0.0741. The SMILES string of the molecule is C=C1CCN(C(=O)c2cc(Cl)c(O)cc2O)CC1. The molecule has 4 nitrogen and oxygen atoms in total. The highest BCUT2D eigenvalue weighted by Gasteiger charge is 2.23. The molecule has 0 aliphatic carbocycles. The Labute approximate surface area is 110 Å². The van der Waals surface area contributed by atoms with Gasteiger partial charge in [-0.25, -0.2) is 0 Å². The molecular formula is C13H14ClNO3. The molecular weight excluding hydrogens is 254 g/mol. The van der Waals surface area contributed by atoms with Crippen LogP contribution in [0.3, 0.4) is 0 Å². The zero-order valence-electron chi connectivity index (χ0n) is 9.82. The van der Waals surface area contributed by atoms with Gasteiger partial charge in [0.2, 0.25) is 0 Å². The average molecular weight is 268 g/mol. The summed E-state index contributed by atoms with van der Waals surface area (Å²) in [5.41, 5.74) is 1.25. The van der Waals surface area contributed by atoms with Gasteiger partial charge in [-0.1, -0.05) is 23.8 Å². The van der Waals surface area contributed by atoms with Crippen LogP contribution in [0.15, 0.2) is 24.3 Å². The predicted molar refractivity (Wildman–Crippen MR) is 69.1 cm³/mol. The number of carbonyl (C=O) groups excluding carboxylic acids is 1. The maximum Gasteiger partial charge on any atom is 0.257 e. The number of amides is 1. The van der Waals surface area contributed by atoms with Gasteiger partial charge in [0.25, 0.3) is 5.91 Å². The number of likely N-dealkylation sites (tertiary alicyclic amines) is 1. The number of phenols is 2. The smallest absolute Gasteiger partial charge is 0.257 e. The summed E-state index contributed by atoms with van der Waals surface area (Å²) in [5, 5.41) is 19.1. The van der Waals surface area contributed by atoms with E-state index < -0.39 is 0 Å². The van der Waals surface area contributed by atoms with E-state index in [0.29, 0.717) is 13.1 Å². The molecule has 0 aromatic heterocycles. The van der Waals surface area contributed by atoms with Crippen LogP contribution in [0.5, 0.6) is 11.5 Å². The summed E-state index contributed by atoms with van der Waals surface area (Å²) in [6, 6.07) is 2.37. The van der Waals surface area contributed by atoms with E-state index in [9.17, 15) is 15.0 Å². The highest BCUT2D eigenvalue weighted by molar-refractivity contribution is 6.32. The Bertz CT molecular complexity index is 503. The Hall–Kier alpha value is -1.68.